The summed E-state index contributed by atoms with van der Waals surface area (Å²) >= 11 is 15.0. The standard InChI is InChI=1S/C9H8Cl2N4S2/c1-4-2-6(10)5(7(11)13-4)3-16-9-15-14-8(12)17-9/h2H,3H2,1H3,(H2,12,14). The predicted molar refractivity (Wildman–Crippen MR) is 72.9 cm³/mol. The quantitative estimate of drug-likeness (QED) is 0.695. The first-order valence-corrected chi connectivity index (χ1v) is 7.15. The summed E-state index contributed by atoms with van der Waals surface area (Å²) in [6.07, 6.45) is 0. The van der Waals surface area contributed by atoms with E-state index in [9.17, 15) is 0 Å². The molecule has 2 aromatic rings. The molecule has 0 radical (unpaired) electrons. The summed E-state index contributed by atoms with van der Waals surface area (Å²) in [6.45, 7) is 1.85. The molecule has 0 aliphatic rings. The summed E-state index contributed by atoms with van der Waals surface area (Å²) in [5, 5.41) is 9.14. The zero-order valence-electron chi connectivity index (χ0n) is 8.78. The van der Waals surface area contributed by atoms with Gasteiger partial charge < -0.3 is 5.73 Å². The van der Waals surface area contributed by atoms with Gasteiger partial charge in [-0.2, -0.15) is 0 Å². The van der Waals surface area contributed by atoms with Crippen LogP contribution in [0, 0.1) is 6.92 Å². The lowest BCUT2D eigenvalue weighted by molar-refractivity contribution is 1.02. The van der Waals surface area contributed by atoms with E-state index in [2.05, 4.69) is 15.2 Å². The number of nitrogens with two attached hydrogens (primary N) is 1. The Bertz CT molecular complexity index is 521. The Morgan fingerprint density at radius 3 is 2.76 bits per heavy atom. The minimum absolute atomic E-state index is 0.431. The van der Waals surface area contributed by atoms with Crippen molar-refractivity contribution >= 4 is 51.4 Å². The first-order valence-electron chi connectivity index (χ1n) is 4.59. The number of aromatic nitrogens is 3. The molecule has 0 fully saturated rings. The van der Waals surface area contributed by atoms with E-state index in [4.69, 9.17) is 28.9 Å². The molecule has 0 bridgehead atoms. The second kappa shape index (κ2) is 5.39. The smallest absolute Gasteiger partial charge is 0.203 e. The van der Waals surface area contributed by atoms with Gasteiger partial charge in [0, 0.05) is 22.0 Å². The topological polar surface area (TPSA) is 64.7 Å². The van der Waals surface area contributed by atoms with Gasteiger partial charge in [-0.15, -0.1) is 10.2 Å². The van der Waals surface area contributed by atoms with Crippen molar-refractivity contribution in [2.24, 2.45) is 0 Å². The Labute approximate surface area is 117 Å². The molecular weight excluding hydrogens is 299 g/mol. The van der Waals surface area contributed by atoms with E-state index >= 15 is 0 Å². The summed E-state index contributed by atoms with van der Waals surface area (Å²) in [7, 11) is 0. The molecule has 0 unspecified atom stereocenters. The van der Waals surface area contributed by atoms with Crippen molar-refractivity contribution in [1.82, 2.24) is 15.2 Å². The summed E-state index contributed by atoms with van der Waals surface area (Å²) in [5.74, 6) is 0.597. The zero-order chi connectivity index (χ0) is 12.4. The van der Waals surface area contributed by atoms with E-state index in [0.717, 1.165) is 15.6 Å². The molecule has 2 aromatic heterocycles. The second-order valence-electron chi connectivity index (χ2n) is 3.21. The number of hydrogen-bond donors (Lipinski definition) is 1. The largest absolute Gasteiger partial charge is 0.374 e. The number of halogens is 2. The molecule has 8 heteroatoms. The van der Waals surface area contributed by atoms with E-state index in [1.807, 2.05) is 6.92 Å². The van der Waals surface area contributed by atoms with E-state index in [0.29, 0.717) is 21.1 Å². The van der Waals surface area contributed by atoms with Gasteiger partial charge in [0.15, 0.2) is 4.34 Å². The van der Waals surface area contributed by atoms with Crippen LogP contribution in [0.3, 0.4) is 0 Å². The van der Waals surface area contributed by atoms with Crippen LogP contribution in [0.4, 0.5) is 5.13 Å². The fourth-order valence-electron chi connectivity index (χ4n) is 1.16. The molecule has 0 aliphatic carbocycles. The Morgan fingerprint density at radius 2 is 2.18 bits per heavy atom. The lowest BCUT2D eigenvalue weighted by Crippen LogP contribution is -1.91. The molecule has 4 nitrogen and oxygen atoms in total. The van der Waals surface area contributed by atoms with Crippen LogP contribution >= 0.6 is 46.3 Å². The van der Waals surface area contributed by atoms with Crippen LogP contribution in [0.1, 0.15) is 11.3 Å². The van der Waals surface area contributed by atoms with Crippen LogP contribution in [0.15, 0.2) is 10.4 Å². The lowest BCUT2D eigenvalue weighted by Gasteiger charge is -2.05. The molecule has 0 amide bonds. The van der Waals surface area contributed by atoms with Gasteiger partial charge in [0.1, 0.15) is 5.15 Å². The van der Waals surface area contributed by atoms with Gasteiger partial charge in [-0.3, -0.25) is 0 Å². The van der Waals surface area contributed by atoms with E-state index < -0.39 is 0 Å². The van der Waals surface area contributed by atoms with Gasteiger partial charge in [-0.25, -0.2) is 4.98 Å². The first-order chi connectivity index (χ1) is 8.06. The molecule has 0 saturated heterocycles. The van der Waals surface area contributed by atoms with Crippen LogP contribution in [-0.4, -0.2) is 15.2 Å². The number of anilines is 1. The molecule has 90 valence electrons. The van der Waals surface area contributed by atoms with Crippen LogP contribution in [0.5, 0.6) is 0 Å². The van der Waals surface area contributed by atoms with Crippen LogP contribution < -0.4 is 5.73 Å². The third-order valence-corrected chi connectivity index (χ3v) is 4.47. The fourth-order valence-corrected chi connectivity index (χ4v) is 3.66. The Kier molecular flexibility index (Phi) is 4.09. The zero-order valence-corrected chi connectivity index (χ0v) is 11.9. The summed E-state index contributed by atoms with van der Waals surface area (Å²) < 4.78 is 0.787. The van der Waals surface area contributed by atoms with Crippen molar-refractivity contribution in [2.75, 3.05) is 5.73 Å². The summed E-state index contributed by atoms with van der Waals surface area (Å²) in [5.41, 5.74) is 7.10. The average Bonchev–Trinajstić information content (AvgIpc) is 2.62. The molecule has 0 atom stereocenters. The highest BCUT2D eigenvalue weighted by molar-refractivity contribution is 8.00. The first kappa shape index (κ1) is 12.9. The number of nitrogens with zero attached hydrogens (tertiary/aromatic N) is 3. The Balaban J connectivity index is 2.14. The summed E-state index contributed by atoms with van der Waals surface area (Å²) in [6, 6.07) is 1.79. The number of thioether (sulfide) groups is 1. The number of hydrogen-bond acceptors (Lipinski definition) is 6. The number of pyridine rings is 1. The van der Waals surface area contributed by atoms with Gasteiger partial charge in [-0.1, -0.05) is 46.3 Å². The minimum atomic E-state index is 0.431. The van der Waals surface area contributed by atoms with E-state index in [-0.39, 0.29) is 0 Å². The van der Waals surface area contributed by atoms with Gasteiger partial charge >= 0.3 is 0 Å². The predicted octanol–water partition coefficient (Wildman–Crippen LogP) is 3.42. The van der Waals surface area contributed by atoms with E-state index in [1.165, 1.54) is 23.1 Å². The van der Waals surface area contributed by atoms with Crippen molar-refractivity contribution in [2.45, 2.75) is 17.0 Å². The molecule has 2 N–H and O–H groups in total. The molecule has 0 aromatic carbocycles. The van der Waals surface area contributed by atoms with Crippen molar-refractivity contribution in [3.05, 3.63) is 27.5 Å². The maximum absolute atomic E-state index is 6.11. The van der Waals surface area contributed by atoms with Gasteiger partial charge in [0.05, 0.1) is 0 Å². The van der Waals surface area contributed by atoms with Crippen molar-refractivity contribution in [3.63, 3.8) is 0 Å². The van der Waals surface area contributed by atoms with Crippen LogP contribution in [0.25, 0.3) is 0 Å². The Hall–Kier alpha value is -0.560. The monoisotopic (exact) mass is 306 g/mol. The highest BCUT2D eigenvalue weighted by Crippen LogP contribution is 2.32. The lowest BCUT2D eigenvalue weighted by atomic mass is 10.3. The molecule has 0 spiro atoms. The van der Waals surface area contributed by atoms with Crippen molar-refractivity contribution < 1.29 is 0 Å². The Morgan fingerprint density at radius 1 is 1.41 bits per heavy atom. The molecule has 2 rings (SSSR count). The van der Waals surface area contributed by atoms with Crippen LogP contribution in [0.2, 0.25) is 10.2 Å². The number of nitrogen functional groups attached to an aromatic ring is 1. The van der Waals surface area contributed by atoms with Gasteiger partial charge in [-0.05, 0) is 13.0 Å². The average molecular weight is 307 g/mol. The third-order valence-electron chi connectivity index (χ3n) is 1.91. The van der Waals surface area contributed by atoms with Gasteiger partial charge in [0.2, 0.25) is 5.13 Å². The second-order valence-corrected chi connectivity index (χ2v) is 6.21. The molecule has 2 heterocycles. The van der Waals surface area contributed by atoms with E-state index in [1.54, 1.807) is 6.07 Å². The fraction of sp³-hybridized carbons (Fsp3) is 0.222. The molecule has 0 saturated carbocycles. The normalized spacial score (nSPS) is 10.8. The van der Waals surface area contributed by atoms with Crippen molar-refractivity contribution in [1.29, 1.82) is 0 Å². The minimum Gasteiger partial charge on any atom is -0.374 e. The molecule has 0 aliphatic heterocycles. The third kappa shape index (κ3) is 3.22. The number of aryl methyl sites for hydroxylation is 1. The highest BCUT2D eigenvalue weighted by atomic mass is 35.5. The maximum atomic E-state index is 6.11. The van der Waals surface area contributed by atoms with Crippen molar-refractivity contribution in [3.8, 4) is 0 Å². The number of rotatable bonds is 3. The SMILES string of the molecule is Cc1cc(Cl)c(CSc2nnc(N)s2)c(Cl)n1. The van der Waals surface area contributed by atoms with Gasteiger partial charge in [0.25, 0.3) is 0 Å². The molecule has 17 heavy (non-hydrogen) atoms. The summed E-state index contributed by atoms with van der Waals surface area (Å²) in [4.78, 5) is 4.16. The highest BCUT2D eigenvalue weighted by Gasteiger charge is 2.10. The molecular formula is C9H8Cl2N4S2. The van der Waals surface area contributed by atoms with Crippen LogP contribution in [-0.2, 0) is 5.75 Å². The maximum Gasteiger partial charge on any atom is 0.203 e.